The molecule has 0 spiro atoms. The van der Waals surface area contributed by atoms with Gasteiger partial charge in [0.2, 0.25) is 5.88 Å². The van der Waals surface area contributed by atoms with E-state index in [1.54, 1.807) is 17.1 Å². The van der Waals surface area contributed by atoms with Crippen molar-refractivity contribution in [3.05, 3.63) is 30.5 Å². The molecule has 17 heavy (non-hydrogen) atoms. The zero-order valence-electron chi connectivity index (χ0n) is 9.07. The number of hydrogen-bond acceptors (Lipinski definition) is 5. The van der Waals surface area contributed by atoms with Gasteiger partial charge in [0.25, 0.3) is 0 Å². The minimum absolute atomic E-state index is 0.124. The molecule has 88 valence electrons. The number of hydrogen-bond donors (Lipinski definition) is 1. The van der Waals surface area contributed by atoms with Crippen LogP contribution >= 0.6 is 0 Å². The summed E-state index contributed by atoms with van der Waals surface area (Å²) in [6.07, 6.45) is 5.66. The predicted octanol–water partition coefficient (Wildman–Crippen LogP) is 1.18. The number of aryl methyl sites for hydroxylation is 1. The summed E-state index contributed by atoms with van der Waals surface area (Å²) >= 11 is 0. The Kier molecular flexibility index (Phi) is 2.99. The number of aromatic nitrogens is 4. The predicted molar refractivity (Wildman–Crippen MR) is 57.0 cm³/mol. The van der Waals surface area contributed by atoms with E-state index in [4.69, 9.17) is 9.84 Å². The van der Waals surface area contributed by atoms with Crippen LogP contribution in [0.25, 0.3) is 0 Å². The molecule has 2 aromatic heterocycles. The molecule has 0 bridgehead atoms. The second kappa shape index (κ2) is 4.60. The van der Waals surface area contributed by atoms with Gasteiger partial charge in [-0.25, -0.2) is 14.8 Å². The molecule has 0 aliphatic carbocycles. The van der Waals surface area contributed by atoms with Crippen molar-refractivity contribution >= 4 is 5.97 Å². The van der Waals surface area contributed by atoms with E-state index < -0.39 is 5.97 Å². The highest BCUT2D eigenvalue weighted by Crippen LogP contribution is 2.17. The van der Waals surface area contributed by atoms with Crippen molar-refractivity contribution in [2.75, 3.05) is 0 Å². The Hall–Kier alpha value is -2.44. The van der Waals surface area contributed by atoms with Gasteiger partial charge in [-0.3, -0.25) is 4.68 Å². The van der Waals surface area contributed by atoms with Crippen molar-refractivity contribution in [2.45, 2.75) is 13.5 Å². The Morgan fingerprint density at radius 2 is 2.24 bits per heavy atom. The van der Waals surface area contributed by atoms with Crippen LogP contribution in [-0.4, -0.2) is 30.8 Å². The maximum atomic E-state index is 10.6. The summed E-state index contributed by atoms with van der Waals surface area (Å²) in [4.78, 5) is 18.1. The molecular formula is C10H10N4O3. The molecule has 0 aliphatic heterocycles. The molecule has 0 unspecified atom stereocenters. The van der Waals surface area contributed by atoms with Crippen LogP contribution in [0.2, 0.25) is 0 Å². The minimum Gasteiger partial charge on any atom is -0.476 e. The van der Waals surface area contributed by atoms with E-state index in [-0.39, 0.29) is 11.6 Å². The Labute approximate surface area is 96.7 Å². The molecule has 7 nitrogen and oxygen atoms in total. The first-order valence-corrected chi connectivity index (χ1v) is 4.94. The highest BCUT2D eigenvalue weighted by molar-refractivity contribution is 5.84. The smallest absolute Gasteiger partial charge is 0.356 e. The first-order valence-electron chi connectivity index (χ1n) is 4.94. The molecule has 0 radical (unpaired) electrons. The van der Waals surface area contributed by atoms with Gasteiger partial charge in [0, 0.05) is 6.54 Å². The molecule has 7 heteroatoms. The van der Waals surface area contributed by atoms with E-state index in [2.05, 4.69) is 15.1 Å². The Bertz CT molecular complexity index is 521. The lowest BCUT2D eigenvalue weighted by Gasteiger charge is -2.00. The molecule has 1 N–H and O–H groups in total. The fraction of sp³-hybridized carbons (Fsp3) is 0.200. The van der Waals surface area contributed by atoms with Crippen molar-refractivity contribution in [1.29, 1.82) is 0 Å². The van der Waals surface area contributed by atoms with E-state index in [1.165, 1.54) is 6.20 Å². The molecule has 0 atom stereocenters. The zero-order chi connectivity index (χ0) is 12.3. The van der Waals surface area contributed by atoms with Crippen molar-refractivity contribution in [1.82, 2.24) is 19.7 Å². The van der Waals surface area contributed by atoms with Gasteiger partial charge in [0.1, 0.15) is 0 Å². The molecule has 2 heterocycles. The van der Waals surface area contributed by atoms with Crippen molar-refractivity contribution in [3.8, 4) is 11.6 Å². The second-order valence-electron chi connectivity index (χ2n) is 3.18. The zero-order valence-corrected chi connectivity index (χ0v) is 9.07. The van der Waals surface area contributed by atoms with Crippen LogP contribution in [0, 0.1) is 0 Å². The number of carboxylic acid groups (broad SMARTS) is 1. The maximum Gasteiger partial charge on any atom is 0.356 e. The van der Waals surface area contributed by atoms with Gasteiger partial charge < -0.3 is 9.84 Å². The van der Waals surface area contributed by atoms with Crippen LogP contribution < -0.4 is 4.74 Å². The highest BCUT2D eigenvalue weighted by Gasteiger charge is 2.06. The quantitative estimate of drug-likeness (QED) is 0.854. The summed E-state index contributed by atoms with van der Waals surface area (Å²) in [6, 6.07) is 0. The van der Waals surface area contributed by atoms with Crippen LogP contribution in [0.1, 0.15) is 17.4 Å². The number of rotatable bonds is 4. The standard InChI is InChI=1S/C10H10N4O3/c1-2-14-6-7(3-13-14)17-9-5-11-8(4-12-9)10(15)16/h3-6H,2H2,1H3,(H,15,16). The molecule has 0 aromatic carbocycles. The van der Waals surface area contributed by atoms with E-state index in [9.17, 15) is 4.79 Å². The molecule has 0 aliphatic rings. The van der Waals surface area contributed by atoms with E-state index in [0.29, 0.717) is 5.75 Å². The topological polar surface area (TPSA) is 90.1 Å². The van der Waals surface area contributed by atoms with E-state index in [1.807, 2.05) is 6.92 Å². The van der Waals surface area contributed by atoms with E-state index >= 15 is 0 Å². The van der Waals surface area contributed by atoms with Crippen molar-refractivity contribution < 1.29 is 14.6 Å². The third-order valence-corrected chi connectivity index (χ3v) is 2.00. The van der Waals surface area contributed by atoms with Crippen molar-refractivity contribution in [3.63, 3.8) is 0 Å². The normalized spacial score (nSPS) is 10.2. The van der Waals surface area contributed by atoms with Crippen LogP contribution in [0.15, 0.2) is 24.8 Å². The van der Waals surface area contributed by atoms with Gasteiger partial charge in [-0.15, -0.1) is 0 Å². The molecule has 2 aromatic rings. The summed E-state index contributed by atoms with van der Waals surface area (Å²) in [5, 5.41) is 12.7. The van der Waals surface area contributed by atoms with Crippen LogP contribution in [0.4, 0.5) is 0 Å². The molecule has 2 rings (SSSR count). The monoisotopic (exact) mass is 234 g/mol. The fourth-order valence-corrected chi connectivity index (χ4v) is 1.17. The van der Waals surface area contributed by atoms with Gasteiger partial charge in [-0.1, -0.05) is 0 Å². The van der Waals surface area contributed by atoms with Crippen LogP contribution in [0.3, 0.4) is 0 Å². The highest BCUT2D eigenvalue weighted by atomic mass is 16.5. The average Bonchev–Trinajstić information content (AvgIpc) is 2.77. The molecule has 0 saturated heterocycles. The SMILES string of the molecule is CCn1cc(Oc2cnc(C(=O)O)cn2)cn1. The molecular weight excluding hydrogens is 224 g/mol. The van der Waals surface area contributed by atoms with Crippen LogP contribution in [-0.2, 0) is 6.54 Å². The summed E-state index contributed by atoms with van der Waals surface area (Å²) < 4.78 is 7.05. The molecule has 0 saturated carbocycles. The third kappa shape index (κ3) is 2.57. The van der Waals surface area contributed by atoms with Crippen molar-refractivity contribution in [2.24, 2.45) is 0 Å². The summed E-state index contributed by atoms with van der Waals surface area (Å²) in [5.41, 5.74) is -0.124. The minimum atomic E-state index is -1.12. The second-order valence-corrected chi connectivity index (χ2v) is 3.18. The third-order valence-electron chi connectivity index (χ3n) is 2.00. The Morgan fingerprint density at radius 3 is 2.76 bits per heavy atom. The number of carbonyl (C=O) groups is 1. The number of ether oxygens (including phenoxy) is 1. The Balaban J connectivity index is 2.10. The number of carboxylic acids is 1. The number of nitrogens with zero attached hydrogens (tertiary/aromatic N) is 4. The van der Waals surface area contributed by atoms with Gasteiger partial charge in [-0.05, 0) is 6.92 Å². The summed E-state index contributed by atoms with van der Waals surface area (Å²) in [6.45, 7) is 2.70. The van der Waals surface area contributed by atoms with Gasteiger partial charge >= 0.3 is 5.97 Å². The summed E-state index contributed by atoms with van der Waals surface area (Å²) in [7, 11) is 0. The first-order chi connectivity index (χ1) is 8.19. The van der Waals surface area contributed by atoms with Gasteiger partial charge in [0.05, 0.1) is 24.8 Å². The maximum absolute atomic E-state index is 10.6. The largest absolute Gasteiger partial charge is 0.476 e. The van der Waals surface area contributed by atoms with E-state index in [0.717, 1.165) is 12.7 Å². The molecule has 0 amide bonds. The average molecular weight is 234 g/mol. The first kappa shape index (κ1) is 11.1. The van der Waals surface area contributed by atoms with Gasteiger partial charge in [-0.2, -0.15) is 5.10 Å². The fourth-order valence-electron chi connectivity index (χ4n) is 1.17. The van der Waals surface area contributed by atoms with Gasteiger partial charge in [0.15, 0.2) is 11.4 Å². The lowest BCUT2D eigenvalue weighted by Crippen LogP contribution is -2.01. The lowest BCUT2D eigenvalue weighted by atomic mass is 10.5. The molecule has 0 fully saturated rings. The Morgan fingerprint density at radius 1 is 1.41 bits per heavy atom. The number of aromatic carboxylic acids is 1. The lowest BCUT2D eigenvalue weighted by molar-refractivity contribution is 0.0690. The summed E-state index contributed by atoms with van der Waals surface area (Å²) in [5.74, 6) is -0.363. The van der Waals surface area contributed by atoms with Crippen LogP contribution in [0.5, 0.6) is 11.6 Å².